The molecule has 2 nitrogen and oxygen atoms in total. The Labute approximate surface area is 148 Å². The maximum atomic E-state index is 4.25. The quantitative estimate of drug-likeness (QED) is 0.570. The standard InChI is InChI=1S/C14H15Br3N2S/c1-2-3-19-12(11-6-13(16)20-14(11)17)5-9-4-10(15)8-18-7-9/h4,6-8,12,19H,2-3,5H2,1H3. The molecule has 1 atom stereocenters. The first-order valence-electron chi connectivity index (χ1n) is 6.37. The highest BCUT2D eigenvalue weighted by atomic mass is 79.9. The van der Waals surface area contributed by atoms with E-state index in [1.807, 2.05) is 12.4 Å². The van der Waals surface area contributed by atoms with Crippen LogP contribution < -0.4 is 5.32 Å². The van der Waals surface area contributed by atoms with Crippen LogP contribution in [-0.4, -0.2) is 11.5 Å². The van der Waals surface area contributed by atoms with Gasteiger partial charge < -0.3 is 5.32 Å². The first-order valence-corrected chi connectivity index (χ1v) is 9.57. The molecule has 20 heavy (non-hydrogen) atoms. The van der Waals surface area contributed by atoms with Gasteiger partial charge in [-0.05, 0) is 90.4 Å². The van der Waals surface area contributed by atoms with Crippen molar-refractivity contribution in [1.29, 1.82) is 0 Å². The predicted octanol–water partition coefficient (Wildman–Crippen LogP) is 5.71. The number of thiophene rings is 1. The van der Waals surface area contributed by atoms with E-state index in [1.165, 1.54) is 14.9 Å². The van der Waals surface area contributed by atoms with Gasteiger partial charge in [0, 0.05) is 22.9 Å². The first-order chi connectivity index (χ1) is 9.60. The van der Waals surface area contributed by atoms with Crippen LogP contribution in [0.2, 0.25) is 0 Å². The van der Waals surface area contributed by atoms with E-state index in [2.05, 4.69) is 77.1 Å². The van der Waals surface area contributed by atoms with Crippen LogP contribution in [0.5, 0.6) is 0 Å². The fraction of sp³-hybridized carbons (Fsp3) is 0.357. The first kappa shape index (κ1) is 16.6. The molecule has 0 radical (unpaired) electrons. The molecule has 2 rings (SSSR count). The fourth-order valence-electron chi connectivity index (χ4n) is 2.00. The van der Waals surface area contributed by atoms with E-state index in [1.54, 1.807) is 11.3 Å². The lowest BCUT2D eigenvalue weighted by Crippen LogP contribution is -2.24. The van der Waals surface area contributed by atoms with E-state index in [0.29, 0.717) is 6.04 Å². The second-order valence-corrected chi connectivity index (χ2v) is 9.17. The molecule has 0 bridgehead atoms. The van der Waals surface area contributed by atoms with Crippen molar-refractivity contribution in [3.05, 3.63) is 47.7 Å². The Balaban J connectivity index is 2.21. The number of hydrogen-bond donors (Lipinski definition) is 1. The summed E-state index contributed by atoms with van der Waals surface area (Å²) in [6.07, 6.45) is 5.79. The molecule has 0 aliphatic rings. The summed E-state index contributed by atoms with van der Waals surface area (Å²) in [5, 5.41) is 3.62. The molecule has 0 fully saturated rings. The summed E-state index contributed by atoms with van der Waals surface area (Å²) in [6.45, 7) is 3.19. The number of nitrogens with zero attached hydrogens (tertiary/aromatic N) is 1. The van der Waals surface area contributed by atoms with E-state index in [-0.39, 0.29) is 0 Å². The number of nitrogens with one attached hydrogen (secondary N) is 1. The van der Waals surface area contributed by atoms with Crippen molar-refractivity contribution in [2.75, 3.05) is 6.54 Å². The number of pyridine rings is 1. The summed E-state index contributed by atoms with van der Waals surface area (Å²) in [5.74, 6) is 0. The van der Waals surface area contributed by atoms with Crippen molar-refractivity contribution >= 4 is 59.1 Å². The van der Waals surface area contributed by atoms with Crippen LogP contribution >= 0.6 is 59.1 Å². The van der Waals surface area contributed by atoms with Gasteiger partial charge in [0.2, 0.25) is 0 Å². The molecule has 1 N–H and O–H groups in total. The van der Waals surface area contributed by atoms with E-state index in [4.69, 9.17) is 0 Å². The topological polar surface area (TPSA) is 24.9 Å². The highest BCUT2D eigenvalue weighted by molar-refractivity contribution is 9.12. The molecular formula is C14H15Br3N2S. The van der Waals surface area contributed by atoms with E-state index < -0.39 is 0 Å². The van der Waals surface area contributed by atoms with E-state index >= 15 is 0 Å². The Kier molecular flexibility index (Phi) is 6.68. The Morgan fingerprint density at radius 1 is 1.25 bits per heavy atom. The van der Waals surface area contributed by atoms with Crippen LogP contribution in [0.3, 0.4) is 0 Å². The second-order valence-electron chi connectivity index (χ2n) is 4.50. The van der Waals surface area contributed by atoms with Gasteiger partial charge in [-0.3, -0.25) is 4.98 Å². The summed E-state index contributed by atoms with van der Waals surface area (Å²) in [4.78, 5) is 4.25. The normalized spacial score (nSPS) is 12.6. The molecule has 0 aliphatic carbocycles. The molecular weight excluding hydrogens is 468 g/mol. The zero-order valence-corrected chi connectivity index (χ0v) is 16.6. The third-order valence-corrected chi connectivity index (χ3v) is 5.72. The summed E-state index contributed by atoms with van der Waals surface area (Å²) in [7, 11) is 0. The maximum absolute atomic E-state index is 4.25. The molecule has 2 aromatic rings. The molecule has 2 heterocycles. The third-order valence-electron chi connectivity index (χ3n) is 2.90. The van der Waals surface area contributed by atoms with Crippen LogP contribution in [0.25, 0.3) is 0 Å². The second kappa shape index (κ2) is 8.03. The zero-order valence-electron chi connectivity index (χ0n) is 11.0. The lowest BCUT2D eigenvalue weighted by atomic mass is 10.0. The Bertz CT molecular complexity index is 571. The number of halogens is 3. The highest BCUT2D eigenvalue weighted by Crippen LogP contribution is 2.36. The lowest BCUT2D eigenvalue weighted by molar-refractivity contribution is 0.528. The number of hydrogen-bond acceptors (Lipinski definition) is 3. The molecule has 6 heteroatoms. The molecule has 0 saturated carbocycles. The zero-order chi connectivity index (χ0) is 14.5. The molecule has 108 valence electrons. The monoisotopic (exact) mass is 480 g/mol. The average Bonchev–Trinajstić information content (AvgIpc) is 2.73. The van der Waals surface area contributed by atoms with Gasteiger partial charge in [-0.2, -0.15) is 0 Å². The molecule has 0 saturated heterocycles. The van der Waals surface area contributed by atoms with Crippen molar-refractivity contribution in [2.45, 2.75) is 25.8 Å². The Hall–Kier alpha value is 0.250. The molecule has 0 aliphatic heterocycles. The molecule has 2 aromatic heterocycles. The van der Waals surface area contributed by atoms with Crippen molar-refractivity contribution in [1.82, 2.24) is 10.3 Å². The van der Waals surface area contributed by atoms with E-state index in [0.717, 1.165) is 27.6 Å². The summed E-state index contributed by atoms with van der Waals surface area (Å²) in [5.41, 5.74) is 2.53. The highest BCUT2D eigenvalue weighted by Gasteiger charge is 2.17. The molecule has 0 amide bonds. The predicted molar refractivity (Wildman–Crippen MR) is 96.4 cm³/mol. The van der Waals surface area contributed by atoms with Gasteiger partial charge in [0.25, 0.3) is 0 Å². The van der Waals surface area contributed by atoms with Crippen LogP contribution in [0.15, 0.2) is 36.6 Å². The third kappa shape index (κ3) is 4.63. The smallest absolute Gasteiger partial charge is 0.0758 e. The fourth-order valence-corrected chi connectivity index (χ4v) is 5.39. The minimum absolute atomic E-state index is 0.294. The van der Waals surface area contributed by atoms with Crippen molar-refractivity contribution in [3.8, 4) is 0 Å². The molecule has 0 spiro atoms. The largest absolute Gasteiger partial charge is 0.310 e. The Morgan fingerprint density at radius 3 is 2.65 bits per heavy atom. The molecule has 1 unspecified atom stereocenters. The molecule has 0 aromatic carbocycles. The van der Waals surface area contributed by atoms with Crippen molar-refractivity contribution in [2.24, 2.45) is 0 Å². The van der Waals surface area contributed by atoms with Gasteiger partial charge >= 0.3 is 0 Å². The van der Waals surface area contributed by atoms with E-state index in [9.17, 15) is 0 Å². The summed E-state index contributed by atoms with van der Waals surface area (Å²) in [6, 6.07) is 4.61. The van der Waals surface area contributed by atoms with Gasteiger partial charge in [0.15, 0.2) is 0 Å². The van der Waals surface area contributed by atoms with Crippen molar-refractivity contribution < 1.29 is 0 Å². The minimum atomic E-state index is 0.294. The van der Waals surface area contributed by atoms with Crippen molar-refractivity contribution in [3.63, 3.8) is 0 Å². The van der Waals surface area contributed by atoms with Crippen LogP contribution in [0.4, 0.5) is 0 Å². The minimum Gasteiger partial charge on any atom is -0.310 e. The average molecular weight is 483 g/mol. The maximum Gasteiger partial charge on any atom is 0.0758 e. The van der Waals surface area contributed by atoms with Gasteiger partial charge in [-0.15, -0.1) is 11.3 Å². The van der Waals surface area contributed by atoms with Gasteiger partial charge in [-0.25, -0.2) is 0 Å². The number of rotatable bonds is 6. The van der Waals surface area contributed by atoms with Gasteiger partial charge in [0.1, 0.15) is 0 Å². The number of aromatic nitrogens is 1. The SMILES string of the molecule is CCCNC(Cc1cncc(Br)c1)c1cc(Br)sc1Br. The van der Waals surface area contributed by atoms with Gasteiger partial charge in [0.05, 0.1) is 7.57 Å². The summed E-state index contributed by atoms with van der Waals surface area (Å²) < 4.78 is 3.35. The summed E-state index contributed by atoms with van der Waals surface area (Å²) >= 11 is 12.4. The van der Waals surface area contributed by atoms with Crippen LogP contribution in [0.1, 0.15) is 30.5 Å². The lowest BCUT2D eigenvalue weighted by Gasteiger charge is -2.18. The van der Waals surface area contributed by atoms with Crippen LogP contribution in [-0.2, 0) is 6.42 Å². The Morgan fingerprint density at radius 2 is 2.05 bits per heavy atom. The van der Waals surface area contributed by atoms with Crippen LogP contribution in [0, 0.1) is 0 Å². The van der Waals surface area contributed by atoms with Gasteiger partial charge in [-0.1, -0.05) is 6.92 Å².